The number of piperidine rings is 1. The highest BCUT2D eigenvalue weighted by molar-refractivity contribution is 5.78. The van der Waals surface area contributed by atoms with Gasteiger partial charge in [-0.05, 0) is 44.2 Å². The van der Waals surface area contributed by atoms with E-state index in [-0.39, 0.29) is 11.5 Å². The summed E-state index contributed by atoms with van der Waals surface area (Å²) in [5.41, 5.74) is 0.782. The lowest BCUT2D eigenvalue weighted by atomic mass is 9.99. The third-order valence-electron chi connectivity index (χ3n) is 5.44. The van der Waals surface area contributed by atoms with Gasteiger partial charge in [0, 0.05) is 32.7 Å². The third kappa shape index (κ3) is 4.81. The monoisotopic (exact) mass is 347 g/mol. The van der Waals surface area contributed by atoms with Crippen LogP contribution in [0.2, 0.25) is 0 Å². The molecule has 2 fully saturated rings. The minimum absolute atomic E-state index is 0.0925. The Morgan fingerprint density at radius 1 is 1.28 bits per heavy atom. The fraction of sp³-hybridized carbons (Fsp3) is 0.722. The standard InChI is InChI=1S/C18H29N5O2/c1-14-3-6-22(7-4-14)13-17(24)19-10-15-5-8-23(12-15)16-9-18(25)21(2)20-11-16/h9,11,14-15H,3-8,10,12-13H2,1-2H3,(H,19,24)/t15-/m1/s1. The first-order valence-corrected chi connectivity index (χ1v) is 9.28. The second-order valence-corrected chi connectivity index (χ2v) is 7.54. The second-order valence-electron chi connectivity index (χ2n) is 7.54. The molecule has 1 amide bonds. The number of nitrogens with one attached hydrogen (secondary N) is 1. The largest absolute Gasteiger partial charge is 0.370 e. The van der Waals surface area contributed by atoms with Crippen LogP contribution < -0.4 is 15.8 Å². The third-order valence-corrected chi connectivity index (χ3v) is 5.44. The molecule has 1 aromatic rings. The summed E-state index contributed by atoms with van der Waals surface area (Å²) >= 11 is 0. The molecule has 2 aliphatic heterocycles. The summed E-state index contributed by atoms with van der Waals surface area (Å²) in [7, 11) is 1.65. The van der Waals surface area contributed by atoms with Gasteiger partial charge in [-0.25, -0.2) is 4.68 Å². The summed E-state index contributed by atoms with van der Waals surface area (Å²) in [6.07, 6.45) is 5.14. The number of rotatable bonds is 5. The first-order chi connectivity index (χ1) is 12.0. The molecule has 0 unspecified atom stereocenters. The number of likely N-dealkylation sites (tertiary alicyclic amines) is 1. The van der Waals surface area contributed by atoms with E-state index < -0.39 is 0 Å². The topological polar surface area (TPSA) is 70.5 Å². The Labute approximate surface area is 149 Å². The zero-order valence-electron chi connectivity index (χ0n) is 15.3. The molecule has 0 saturated carbocycles. The van der Waals surface area contributed by atoms with E-state index in [2.05, 4.69) is 27.1 Å². The lowest BCUT2D eigenvalue weighted by Gasteiger charge is -2.29. The number of anilines is 1. The highest BCUT2D eigenvalue weighted by atomic mass is 16.2. The van der Waals surface area contributed by atoms with Gasteiger partial charge in [-0.1, -0.05) is 6.92 Å². The molecule has 3 rings (SSSR count). The molecule has 0 bridgehead atoms. The molecule has 3 heterocycles. The van der Waals surface area contributed by atoms with Crippen molar-refractivity contribution >= 4 is 11.6 Å². The van der Waals surface area contributed by atoms with Gasteiger partial charge in [0.15, 0.2) is 0 Å². The van der Waals surface area contributed by atoms with Crippen LogP contribution in [-0.2, 0) is 11.8 Å². The van der Waals surface area contributed by atoms with Crippen LogP contribution in [0.25, 0.3) is 0 Å². The van der Waals surface area contributed by atoms with E-state index in [4.69, 9.17) is 0 Å². The molecule has 0 aromatic carbocycles. The summed E-state index contributed by atoms with van der Waals surface area (Å²) in [6.45, 7) is 7.32. The Balaban J connectivity index is 1.41. The lowest BCUT2D eigenvalue weighted by molar-refractivity contribution is -0.122. The fourth-order valence-corrected chi connectivity index (χ4v) is 3.60. The van der Waals surface area contributed by atoms with Gasteiger partial charge in [-0.15, -0.1) is 0 Å². The van der Waals surface area contributed by atoms with E-state index in [1.165, 1.54) is 17.5 Å². The van der Waals surface area contributed by atoms with Crippen molar-refractivity contribution in [1.29, 1.82) is 0 Å². The van der Waals surface area contributed by atoms with E-state index in [1.807, 2.05) is 0 Å². The number of carbonyl (C=O) groups is 1. The molecule has 1 aromatic heterocycles. The van der Waals surface area contributed by atoms with E-state index in [0.717, 1.165) is 44.2 Å². The lowest BCUT2D eigenvalue weighted by Crippen LogP contribution is -2.42. The maximum Gasteiger partial charge on any atom is 0.268 e. The molecular formula is C18H29N5O2. The molecule has 0 spiro atoms. The van der Waals surface area contributed by atoms with Gasteiger partial charge < -0.3 is 10.2 Å². The minimum Gasteiger partial charge on any atom is -0.370 e. The minimum atomic E-state index is -0.0925. The number of hydrogen-bond acceptors (Lipinski definition) is 5. The first-order valence-electron chi connectivity index (χ1n) is 9.28. The molecule has 0 radical (unpaired) electrons. The van der Waals surface area contributed by atoms with Crippen LogP contribution in [0.15, 0.2) is 17.1 Å². The van der Waals surface area contributed by atoms with Gasteiger partial charge in [0.2, 0.25) is 5.91 Å². The molecule has 2 aliphatic rings. The quantitative estimate of drug-likeness (QED) is 0.838. The molecule has 138 valence electrons. The number of nitrogens with zero attached hydrogens (tertiary/aromatic N) is 4. The van der Waals surface area contributed by atoms with Crippen molar-refractivity contribution in [2.24, 2.45) is 18.9 Å². The number of hydrogen-bond donors (Lipinski definition) is 1. The van der Waals surface area contributed by atoms with Crippen LogP contribution in [0.5, 0.6) is 0 Å². The van der Waals surface area contributed by atoms with Crippen LogP contribution >= 0.6 is 0 Å². The smallest absolute Gasteiger partial charge is 0.268 e. The molecule has 0 aliphatic carbocycles. The van der Waals surface area contributed by atoms with Gasteiger partial charge in [0.05, 0.1) is 18.4 Å². The zero-order chi connectivity index (χ0) is 17.8. The van der Waals surface area contributed by atoms with Crippen LogP contribution in [0.1, 0.15) is 26.2 Å². The average Bonchev–Trinajstić information content (AvgIpc) is 3.07. The van der Waals surface area contributed by atoms with E-state index in [1.54, 1.807) is 19.3 Å². The van der Waals surface area contributed by atoms with Gasteiger partial charge >= 0.3 is 0 Å². The van der Waals surface area contributed by atoms with E-state index >= 15 is 0 Å². The van der Waals surface area contributed by atoms with E-state index in [0.29, 0.717) is 19.0 Å². The zero-order valence-corrected chi connectivity index (χ0v) is 15.3. The van der Waals surface area contributed by atoms with Crippen LogP contribution in [0.4, 0.5) is 5.69 Å². The molecular weight excluding hydrogens is 318 g/mol. The Bertz CT molecular complexity index is 651. The highest BCUT2D eigenvalue weighted by Gasteiger charge is 2.24. The van der Waals surface area contributed by atoms with Crippen LogP contribution in [0, 0.1) is 11.8 Å². The Kier molecular flexibility index (Phi) is 5.73. The Hall–Kier alpha value is -1.89. The van der Waals surface area contributed by atoms with Crippen LogP contribution in [-0.4, -0.2) is 59.9 Å². The number of aryl methyl sites for hydroxylation is 1. The predicted molar refractivity (Wildman–Crippen MR) is 97.6 cm³/mol. The summed E-state index contributed by atoms with van der Waals surface area (Å²) in [5.74, 6) is 1.34. The first kappa shape index (κ1) is 17.9. The molecule has 25 heavy (non-hydrogen) atoms. The van der Waals surface area contributed by atoms with Crippen molar-refractivity contribution in [3.8, 4) is 0 Å². The molecule has 1 N–H and O–H groups in total. The molecule has 2 saturated heterocycles. The summed E-state index contributed by atoms with van der Waals surface area (Å²) in [6, 6.07) is 1.63. The van der Waals surface area contributed by atoms with Gasteiger partial charge in [-0.2, -0.15) is 5.10 Å². The Morgan fingerprint density at radius 2 is 2.04 bits per heavy atom. The van der Waals surface area contributed by atoms with Crippen molar-refractivity contribution in [3.05, 3.63) is 22.6 Å². The maximum absolute atomic E-state index is 12.2. The SMILES string of the molecule is CC1CCN(CC(=O)NC[C@H]2CCN(c3cnn(C)c(=O)c3)C2)CC1. The predicted octanol–water partition coefficient (Wildman–Crippen LogP) is 0.455. The van der Waals surface area contributed by atoms with Crippen LogP contribution in [0.3, 0.4) is 0 Å². The van der Waals surface area contributed by atoms with Crippen molar-refractivity contribution < 1.29 is 4.79 Å². The van der Waals surface area contributed by atoms with E-state index in [9.17, 15) is 9.59 Å². The Morgan fingerprint density at radius 3 is 2.76 bits per heavy atom. The van der Waals surface area contributed by atoms with Gasteiger partial charge in [0.1, 0.15) is 0 Å². The fourth-order valence-electron chi connectivity index (χ4n) is 3.60. The molecule has 1 atom stereocenters. The summed E-state index contributed by atoms with van der Waals surface area (Å²) in [5, 5.41) is 7.17. The van der Waals surface area contributed by atoms with Crippen molar-refractivity contribution in [2.75, 3.05) is 44.2 Å². The summed E-state index contributed by atoms with van der Waals surface area (Å²) in [4.78, 5) is 28.3. The van der Waals surface area contributed by atoms with Crippen molar-refractivity contribution in [3.63, 3.8) is 0 Å². The number of carbonyl (C=O) groups excluding carboxylic acids is 1. The number of amides is 1. The average molecular weight is 347 g/mol. The highest BCUT2D eigenvalue weighted by Crippen LogP contribution is 2.21. The second kappa shape index (κ2) is 7.99. The molecule has 7 heteroatoms. The maximum atomic E-state index is 12.2. The molecule has 7 nitrogen and oxygen atoms in total. The number of aromatic nitrogens is 2. The summed E-state index contributed by atoms with van der Waals surface area (Å²) < 4.78 is 1.33. The van der Waals surface area contributed by atoms with Crippen molar-refractivity contribution in [1.82, 2.24) is 20.0 Å². The normalized spacial score (nSPS) is 22.3. The van der Waals surface area contributed by atoms with Gasteiger partial charge in [0.25, 0.3) is 5.56 Å². The van der Waals surface area contributed by atoms with Crippen molar-refractivity contribution in [2.45, 2.75) is 26.2 Å². The van der Waals surface area contributed by atoms with Gasteiger partial charge in [-0.3, -0.25) is 14.5 Å².